The zero-order valence-electron chi connectivity index (χ0n) is 18.0. The van der Waals surface area contributed by atoms with E-state index in [4.69, 9.17) is 11.6 Å². The predicted octanol–water partition coefficient (Wildman–Crippen LogP) is 5.25. The maximum Gasteiger partial charge on any atom is 0.319 e. The van der Waals surface area contributed by atoms with Gasteiger partial charge in [-0.3, -0.25) is 15.0 Å². The summed E-state index contributed by atoms with van der Waals surface area (Å²) >= 11 is 5.99. The average molecular weight is 457 g/mol. The van der Waals surface area contributed by atoms with E-state index in [1.54, 1.807) is 12.1 Å². The summed E-state index contributed by atoms with van der Waals surface area (Å²) in [6, 6.07) is 14.3. The largest absolute Gasteiger partial charge is 0.334 e. The number of nitrogens with one attached hydrogen (secondary N) is 2. The van der Waals surface area contributed by atoms with E-state index < -0.39 is 4.92 Å². The molecule has 2 aromatic rings. The van der Waals surface area contributed by atoms with Gasteiger partial charge >= 0.3 is 6.03 Å². The lowest BCUT2D eigenvalue weighted by molar-refractivity contribution is -0.384. The Labute approximate surface area is 193 Å². The van der Waals surface area contributed by atoms with E-state index in [9.17, 15) is 14.9 Å². The fourth-order valence-corrected chi connectivity index (χ4v) is 5.15. The van der Waals surface area contributed by atoms with Crippen molar-refractivity contribution in [3.8, 4) is 0 Å². The van der Waals surface area contributed by atoms with Crippen molar-refractivity contribution >= 4 is 29.0 Å². The number of halogens is 1. The lowest BCUT2D eigenvalue weighted by atomic mass is 9.89. The molecule has 170 valence electrons. The molecule has 2 fully saturated rings. The van der Waals surface area contributed by atoms with Gasteiger partial charge in [-0.2, -0.15) is 0 Å². The Bertz CT molecular complexity index is 945. The molecule has 2 N–H and O–H groups in total. The molecule has 0 aromatic heterocycles. The number of nitro benzene ring substituents is 1. The molecule has 1 aliphatic carbocycles. The molecule has 1 saturated heterocycles. The summed E-state index contributed by atoms with van der Waals surface area (Å²) in [4.78, 5) is 25.5. The van der Waals surface area contributed by atoms with Crippen LogP contribution in [0, 0.1) is 16.0 Å². The van der Waals surface area contributed by atoms with Crippen molar-refractivity contribution in [2.45, 2.75) is 50.6 Å². The first-order chi connectivity index (χ1) is 15.5. The number of anilines is 1. The van der Waals surface area contributed by atoms with E-state index in [1.165, 1.54) is 17.7 Å². The van der Waals surface area contributed by atoms with E-state index >= 15 is 0 Å². The maximum atomic E-state index is 12.5. The first kappa shape index (κ1) is 22.6. The molecule has 7 nitrogen and oxygen atoms in total. The van der Waals surface area contributed by atoms with Crippen LogP contribution in [0.3, 0.4) is 0 Å². The summed E-state index contributed by atoms with van der Waals surface area (Å²) in [7, 11) is 0. The highest BCUT2D eigenvalue weighted by Crippen LogP contribution is 2.30. The SMILES string of the molecule is O=C(Nc1cccc([N+](=O)[O-])c1)NC1CCCC1N1CCC(Cc2ccc(Cl)cc2)CC1. The van der Waals surface area contributed by atoms with Gasteiger partial charge in [0.1, 0.15) is 0 Å². The van der Waals surface area contributed by atoms with Gasteiger partial charge in [-0.05, 0) is 81.3 Å². The van der Waals surface area contributed by atoms with Gasteiger partial charge in [-0.15, -0.1) is 0 Å². The smallest absolute Gasteiger partial charge is 0.319 e. The second-order valence-electron chi connectivity index (χ2n) is 8.82. The number of hydrogen-bond donors (Lipinski definition) is 2. The monoisotopic (exact) mass is 456 g/mol. The second-order valence-corrected chi connectivity index (χ2v) is 9.26. The zero-order chi connectivity index (χ0) is 22.5. The molecule has 2 atom stereocenters. The standard InChI is InChI=1S/C24H29ClN4O3/c25-19-9-7-17(8-10-19)15-18-11-13-28(14-12-18)23-6-2-5-22(23)27-24(30)26-20-3-1-4-21(16-20)29(31)32/h1,3-4,7-10,16,18,22-23H,2,5-6,11-15H2,(H2,26,27,30). The summed E-state index contributed by atoms with van der Waals surface area (Å²) in [5.41, 5.74) is 1.73. The van der Waals surface area contributed by atoms with E-state index in [0.717, 1.165) is 56.6 Å². The normalized spacial score (nSPS) is 21.9. The Morgan fingerprint density at radius 2 is 1.84 bits per heavy atom. The van der Waals surface area contributed by atoms with Crippen LogP contribution in [-0.2, 0) is 6.42 Å². The summed E-state index contributed by atoms with van der Waals surface area (Å²) in [6.45, 7) is 2.10. The minimum atomic E-state index is -0.466. The molecule has 1 saturated carbocycles. The van der Waals surface area contributed by atoms with Crippen LogP contribution in [-0.4, -0.2) is 41.0 Å². The van der Waals surface area contributed by atoms with Crippen LogP contribution in [0.5, 0.6) is 0 Å². The first-order valence-corrected chi connectivity index (χ1v) is 11.7. The molecule has 8 heteroatoms. The summed E-state index contributed by atoms with van der Waals surface area (Å²) < 4.78 is 0. The molecule has 1 aliphatic heterocycles. The van der Waals surface area contributed by atoms with Gasteiger partial charge in [0.05, 0.1) is 4.92 Å². The van der Waals surface area contributed by atoms with Crippen LogP contribution in [0.4, 0.5) is 16.2 Å². The Morgan fingerprint density at radius 3 is 2.56 bits per heavy atom. The molecule has 0 spiro atoms. The number of nitrogens with zero attached hydrogens (tertiary/aromatic N) is 2. The Kier molecular flexibility index (Phi) is 7.27. The van der Waals surface area contributed by atoms with Crippen molar-refractivity contribution in [1.29, 1.82) is 0 Å². The van der Waals surface area contributed by atoms with E-state index in [0.29, 0.717) is 17.6 Å². The highest BCUT2D eigenvalue weighted by molar-refractivity contribution is 6.30. The third-order valence-electron chi connectivity index (χ3n) is 6.67. The van der Waals surface area contributed by atoms with Gasteiger partial charge < -0.3 is 10.6 Å². The molecule has 2 unspecified atom stereocenters. The molecular formula is C24H29ClN4O3. The van der Waals surface area contributed by atoms with E-state index in [1.807, 2.05) is 12.1 Å². The number of amides is 2. The molecule has 32 heavy (non-hydrogen) atoms. The first-order valence-electron chi connectivity index (χ1n) is 11.3. The highest BCUT2D eigenvalue weighted by atomic mass is 35.5. The van der Waals surface area contributed by atoms with Gasteiger partial charge in [0.2, 0.25) is 0 Å². The zero-order valence-corrected chi connectivity index (χ0v) is 18.8. The van der Waals surface area contributed by atoms with E-state index in [2.05, 4.69) is 27.7 Å². The van der Waals surface area contributed by atoms with Crippen molar-refractivity contribution in [1.82, 2.24) is 10.2 Å². The molecule has 0 radical (unpaired) electrons. The Morgan fingerprint density at radius 1 is 1.09 bits per heavy atom. The fraction of sp³-hybridized carbons (Fsp3) is 0.458. The Hall–Kier alpha value is -2.64. The quantitative estimate of drug-likeness (QED) is 0.459. The minimum Gasteiger partial charge on any atom is -0.334 e. The van der Waals surface area contributed by atoms with Crippen LogP contribution < -0.4 is 10.6 Å². The average Bonchev–Trinajstić information content (AvgIpc) is 3.24. The van der Waals surface area contributed by atoms with Crippen molar-refractivity contribution in [2.24, 2.45) is 5.92 Å². The number of rotatable bonds is 6. The third kappa shape index (κ3) is 5.78. The predicted molar refractivity (Wildman–Crippen MR) is 126 cm³/mol. The van der Waals surface area contributed by atoms with Gasteiger partial charge in [-0.1, -0.05) is 29.8 Å². The molecule has 2 aromatic carbocycles. The van der Waals surface area contributed by atoms with E-state index in [-0.39, 0.29) is 17.8 Å². The molecule has 1 heterocycles. The number of piperidine rings is 1. The van der Waals surface area contributed by atoms with Crippen molar-refractivity contribution in [2.75, 3.05) is 18.4 Å². The van der Waals surface area contributed by atoms with Gasteiger partial charge in [0.15, 0.2) is 0 Å². The van der Waals surface area contributed by atoms with Gasteiger partial charge in [-0.25, -0.2) is 4.79 Å². The number of hydrogen-bond acceptors (Lipinski definition) is 4. The number of likely N-dealkylation sites (tertiary alicyclic amines) is 1. The van der Waals surface area contributed by atoms with Crippen LogP contribution in [0.2, 0.25) is 5.02 Å². The van der Waals surface area contributed by atoms with Crippen molar-refractivity contribution in [3.05, 3.63) is 69.2 Å². The number of benzene rings is 2. The molecule has 2 aliphatic rings. The molecule has 0 bridgehead atoms. The number of carbonyl (C=O) groups is 1. The second kappa shape index (κ2) is 10.3. The molecule has 2 amide bonds. The number of nitro groups is 1. The summed E-state index contributed by atoms with van der Waals surface area (Å²) in [5, 5.41) is 17.6. The van der Waals surface area contributed by atoms with Crippen LogP contribution >= 0.6 is 11.6 Å². The topological polar surface area (TPSA) is 87.5 Å². The number of urea groups is 1. The number of non-ortho nitro benzene ring substituents is 1. The number of carbonyl (C=O) groups excluding carboxylic acids is 1. The molecular weight excluding hydrogens is 428 g/mol. The van der Waals surface area contributed by atoms with Crippen LogP contribution in [0.15, 0.2) is 48.5 Å². The van der Waals surface area contributed by atoms with Crippen molar-refractivity contribution < 1.29 is 9.72 Å². The lowest BCUT2D eigenvalue weighted by Crippen LogP contribution is -2.52. The van der Waals surface area contributed by atoms with Gasteiger partial charge in [0.25, 0.3) is 5.69 Å². The van der Waals surface area contributed by atoms with Crippen LogP contribution in [0.1, 0.15) is 37.7 Å². The van der Waals surface area contributed by atoms with Crippen molar-refractivity contribution in [3.63, 3.8) is 0 Å². The fourth-order valence-electron chi connectivity index (χ4n) is 5.02. The Balaban J connectivity index is 1.27. The minimum absolute atomic E-state index is 0.0389. The highest BCUT2D eigenvalue weighted by Gasteiger charge is 2.35. The lowest BCUT2D eigenvalue weighted by Gasteiger charge is -2.38. The summed E-state index contributed by atoms with van der Waals surface area (Å²) in [6.07, 6.45) is 6.54. The molecule has 4 rings (SSSR count). The summed E-state index contributed by atoms with van der Waals surface area (Å²) in [5.74, 6) is 0.678. The van der Waals surface area contributed by atoms with Gasteiger partial charge in [0, 0.05) is 34.9 Å². The maximum absolute atomic E-state index is 12.5. The third-order valence-corrected chi connectivity index (χ3v) is 6.92. The van der Waals surface area contributed by atoms with Crippen LogP contribution in [0.25, 0.3) is 0 Å².